The van der Waals surface area contributed by atoms with Gasteiger partial charge in [0.25, 0.3) is 5.56 Å². The Bertz CT molecular complexity index is 1300. The molecule has 2 aromatic rings. The Morgan fingerprint density at radius 2 is 2.00 bits per heavy atom. The van der Waals surface area contributed by atoms with Crippen molar-refractivity contribution in [3.8, 4) is 11.5 Å². The number of aliphatic hydroxyl groups excluding tert-OH is 1. The second-order valence-electron chi connectivity index (χ2n) is 9.04. The Balaban J connectivity index is 1.83. The van der Waals surface area contributed by atoms with Gasteiger partial charge in [0.1, 0.15) is 31.5 Å². The average molecular weight is 574 g/mol. The quantitative estimate of drug-likeness (QED) is 0.148. The summed E-state index contributed by atoms with van der Waals surface area (Å²) in [5.74, 6) is -0.165. The maximum absolute atomic E-state index is 13.8. The highest BCUT2D eigenvalue weighted by molar-refractivity contribution is 7.52. The normalized spacial score (nSPS) is 25.5. The van der Waals surface area contributed by atoms with Crippen molar-refractivity contribution < 1.29 is 37.7 Å². The Morgan fingerprint density at radius 3 is 2.63 bits per heavy atom. The number of hydrogen-bond donors (Lipinski definition) is 3. The van der Waals surface area contributed by atoms with Crippen LogP contribution in [0.4, 0.5) is 0 Å². The molecule has 0 radical (unpaired) electrons. The first-order chi connectivity index (χ1) is 17.8. The van der Waals surface area contributed by atoms with Crippen LogP contribution in [0.25, 0.3) is 0 Å². The highest BCUT2D eigenvalue weighted by atomic mass is 35.5. The zero-order valence-electron chi connectivity index (χ0n) is 21.5. The first kappa shape index (κ1) is 29.9. The smallest absolute Gasteiger partial charge is 0.459 e. The number of methoxy groups -OCH3 is 1. The Kier molecular flexibility index (Phi) is 9.50. The predicted molar refractivity (Wildman–Crippen MR) is 139 cm³/mol. The van der Waals surface area contributed by atoms with Crippen molar-refractivity contribution in [2.75, 3.05) is 13.7 Å². The van der Waals surface area contributed by atoms with E-state index >= 15 is 0 Å². The third kappa shape index (κ3) is 7.07. The number of halogens is 1. The van der Waals surface area contributed by atoms with Gasteiger partial charge >= 0.3 is 19.4 Å². The Labute approximate surface area is 224 Å². The van der Waals surface area contributed by atoms with Gasteiger partial charge in [-0.15, -0.1) is 11.6 Å². The van der Waals surface area contributed by atoms with Crippen LogP contribution in [0.2, 0.25) is 0 Å². The highest BCUT2D eigenvalue weighted by Crippen LogP contribution is 2.47. The van der Waals surface area contributed by atoms with Gasteiger partial charge in [-0.1, -0.05) is 6.07 Å². The molecule has 1 fully saturated rings. The number of rotatable bonds is 11. The van der Waals surface area contributed by atoms with E-state index in [0.29, 0.717) is 5.75 Å². The van der Waals surface area contributed by atoms with E-state index < -0.39 is 66.9 Å². The van der Waals surface area contributed by atoms with E-state index in [1.807, 2.05) is 0 Å². The number of nitrogens with zero attached hydrogens (tertiary/aromatic N) is 1. The molecule has 0 unspecified atom stereocenters. The molecule has 6 atom stereocenters. The molecule has 0 bridgehead atoms. The fourth-order valence-electron chi connectivity index (χ4n) is 3.65. The molecule has 38 heavy (non-hydrogen) atoms. The number of alkyl halides is 1. The molecule has 1 aliphatic rings. The van der Waals surface area contributed by atoms with E-state index in [2.05, 4.69) is 10.1 Å². The molecule has 0 amide bonds. The van der Waals surface area contributed by atoms with Gasteiger partial charge in [-0.2, -0.15) is 5.09 Å². The van der Waals surface area contributed by atoms with Crippen LogP contribution in [0.5, 0.6) is 11.5 Å². The lowest BCUT2D eigenvalue weighted by Gasteiger charge is -2.26. The van der Waals surface area contributed by atoms with Gasteiger partial charge in [0.2, 0.25) is 0 Å². The summed E-state index contributed by atoms with van der Waals surface area (Å²) in [6.07, 6.45) is -3.01. The van der Waals surface area contributed by atoms with Crippen molar-refractivity contribution in [3.05, 3.63) is 57.4 Å². The van der Waals surface area contributed by atoms with Crippen molar-refractivity contribution in [3.63, 3.8) is 0 Å². The first-order valence-corrected chi connectivity index (χ1v) is 13.6. The third-order valence-electron chi connectivity index (χ3n) is 5.55. The number of ether oxygens (including phenoxy) is 3. The highest BCUT2D eigenvalue weighted by Gasteiger charge is 2.53. The summed E-state index contributed by atoms with van der Waals surface area (Å²) in [4.78, 5) is 38.2. The summed E-state index contributed by atoms with van der Waals surface area (Å²) >= 11 is 6.54. The van der Waals surface area contributed by atoms with Crippen LogP contribution >= 0.6 is 19.3 Å². The summed E-state index contributed by atoms with van der Waals surface area (Å²) in [7, 11) is -1.42. The summed E-state index contributed by atoms with van der Waals surface area (Å²) < 4.78 is 40.6. The second-order valence-corrected chi connectivity index (χ2v) is 11.5. The van der Waals surface area contributed by atoms with E-state index in [1.165, 1.54) is 40.2 Å². The maximum atomic E-state index is 13.8. The predicted octanol–water partition coefficient (Wildman–Crippen LogP) is 0.505. The number of hydrogen-bond acceptors (Lipinski definition) is 10. The van der Waals surface area contributed by atoms with Crippen molar-refractivity contribution in [1.29, 1.82) is 0 Å². The lowest BCUT2D eigenvalue weighted by molar-refractivity contribution is -0.149. The molecule has 13 nitrogen and oxygen atoms in total. The van der Waals surface area contributed by atoms with Crippen LogP contribution in [0.15, 0.2) is 46.1 Å². The number of nitrogens with one attached hydrogen (secondary N) is 2. The van der Waals surface area contributed by atoms with Crippen molar-refractivity contribution >= 4 is 33.2 Å². The largest absolute Gasteiger partial charge is 0.497 e. The van der Waals surface area contributed by atoms with E-state index in [4.69, 9.17) is 34.9 Å². The zero-order chi connectivity index (χ0) is 28.3. The molecule has 1 saturated heterocycles. The summed E-state index contributed by atoms with van der Waals surface area (Å²) in [6.45, 7) is 4.24. The minimum atomic E-state index is -4.31. The minimum absolute atomic E-state index is 0.109. The summed E-state index contributed by atoms with van der Waals surface area (Å²) in [5, 5.41) is 13.4. The number of aromatic amines is 1. The molecule has 1 aromatic carbocycles. The van der Waals surface area contributed by atoms with Gasteiger partial charge in [-0.3, -0.25) is 23.7 Å². The number of esters is 1. The number of H-pyrrole nitrogens is 1. The molecule has 3 N–H and O–H groups in total. The van der Waals surface area contributed by atoms with E-state index in [1.54, 1.807) is 26.0 Å². The molecule has 0 spiro atoms. The van der Waals surface area contributed by atoms with Gasteiger partial charge in [0.05, 0.1) is 30.7 Å². The Hall–Kier alpha value is -2.61. The summed E-state index contributed by atoms with van der Waals surface area (Å²) in [6, 6.07) is 6.22. The molecule has 208 valence electrons. The number of aromatic nitrogens is 2. The maximum Gasteiger partial charge on any atom is 0.459 e. The molecular formula is C22H30BClN3O10P. The zero-order valence-corrected chi connectivity index (χ0v) is 23.1. The van der Waals surface area contributed by atoms with Crippen molar-refractivity contribution in [2.24, 2.45) is 0 Å². The Morgan fingerprint density at radius 1 is 1.32 bits per heavy atom. The number of carbonyl (C=O) groups excluding carboxylic acids is 1. The lowest BCUT2D eigenvalue weighted by atomic mass is 9.79. The van der Waals surface area contributed by atoms with Gasteiger partial charge in [0.15, 0.2) is 6.23 Å². The standard InChI is InChI=1S/C22H30BClN3O10P/c1-12(2)35-19(30)13(3)26-38(32,37-15-7-5-6-14(10-15)33-4)34-11-16-18(29)22(23,24)20(36-16)27-9-8-17(28)25-21(27)31/h5-10,12-13,16,18,20,29H,11,23H2,1-4H3,(H,26,32)(H,25,28,31)/t13-,16+,18+,20+,22-,38-/m0/s1. The third-order valence-corrected chi connectivity index (χ3v) is 7.61. The molecule has 0 saturated carbocycles. The minimum Gasteiger partial charge on any atom is -0.497 e. The first-order valence-electron chi connectivity index (χ1n) is 11.7. The summed E-state index contributed by atoms with van der Waals surface area (Å²) in [5.41, 5.74) is -1.41. The monoisotopic (exact) mass is 573 g/mol. The van der Waals surface area contributed by atoms with Crippen molar-refractivity contribution in [1.82, 2.24) is 14.6 Å². The SMILES string of the molecule is B[C@]1(Cl)[C@H](O)[C@@H](CO[P@@](=O)(N[C@@H](C)C(=O)OC(C)C)Oc2cccc(OC)c2)O[C@H]1n1ccc(=O)[nH]c1=O. The van der Waals surface area contributed by atoms with Gasteiger partial charge < -0.3 is 23.8 Å². The molecule has 0 aliphatic carbocycles. The molecule has 2 heterocycles. The van der Waals surface area contributed by atoms with Crippen LogP contribution in [0.3, 0.4) is 0 Å². The van der Waals surface area contributed by atoms with E-state index in [9.17, 15) is 24.1 Å². The van der Waals surface area contributed by atoms with Crippen molar-refractivity contribution in [2.45, 2.75) is 56.1 Å². The molecule has 16 heteroatoms. The fraction of sp³-hybridized carbons (Fsp3) is 0.500. The topological polar surface area (TPSA) is 167 Å². The van der Waals surface area contributed by atoms with Crippen LogP contribution in [0.1, 0.15) is 27.0 Å². The van der Waals surface area contributed by atoms with E-state index in [-0.39, 0.29) is 5.75 Å². The number of aliphatic hydroxyl groups is 1. The van der Waals surface area contributed by atoms with Crippen LogP contribution in [-0.2, 0) is 23.4 Å². The van der Waals surface area contributed by atoms with Crippen LogP contribution < -0.4 is 25.6 Å². The fourth-order valence-corrected chi connectivity index (χ4v) is 5.44. The van der Waals surface area contributed by atoms with Gasteiger partial charge in [0, 0.05) is 18.3 Å². The number of benzene rings is 1. The van der Waals surface area contributed by atoms with E-state index in [0.717, 1.165) is 10.6 Å². The lowest BCUT2D eigenvalue weighted by Crippen LogP contribution is -2.45. The average Bonchev–Trinajstić information content (AvgIpc) is 3.06. The van der Waals surface area contributed by atoms with Crippen LogP contribution in [0, 0.1) is 0 Å². The molecule has 3 rings (SSSR count). The second kappa shape index (κ2) is 12.1. The molecule has 1 aromatic heterocycles. The van der Waals surface area contributed by atoms with Gasteiger partial charge in [-0.25, -0.2) is 9.36 Å². The number of carbonyl (C=O) groups is 1. The molecule has 1 aliphatic heterocycles. The van der Waals surface area contributed by atoms with Crippen LogP contribution in [-0.4, -0.2) is 71.3 Å². The van der Waals surface area contributed by atoms with Gasteiger partial charge in [-0.05, 0) is 32.9 Å². The molecular weight excluding hydrogens is 543 g/mol.